The molecule has 1 fully saturated rings. The molecular weight excluding hydrogens is 234 g/mol. The lowest BCUT2D eigenvalue weighted by Gasteiger charge is -2.29. The normalized spacial score (nSPS) is 19.5. The number of nitrogens with one attached hydrogen (secondary N) is 2. The van der Waals surface area contributed by atoms with E-state index in [0.29, 0.717) is 0 Å². The second-order valence-electron chi connectivity index (χ2n) is 4.30. The van der Waals surface area contributed by atoms with E-state index in [-0.39, 0.29) is 0 Å². The number of hydrogen-bond acceptors (Lipinski definition) is 6. The van der Waals surface area contributed by atoms with Gasteiger partial charge in [-0.05, 0) is 6.26 Å². The summed E-state index contributed by atoms with van der Waals surface area (Å²) >= 11 is 1.62. The van der Waals surface area contributed by atoms with Crippen molar-refractivity contribution in [2.24, 2.45) is 0 Å². The Morgan fingerprint density at radius 3 is 2.71 bits per heavy atom. The van der Waals surface area contributed by atoms with Gasteiger partial charge in [0.2, 0.25) is 0 Å². The Morgan fingerprint density at radius 1 is 1.12 bits per heavy atom. The van der Waals surface area contributed by atoms with Crippen molar-refractivity contribution in [2.45, 2.75) is 18.2 Å². The molecule has 2 N–H and O–H groups in total. The van der Waals surface area contributed by atoms with Crippen molar-refractivity contribution in [3.63, 3.8) is 0 Å². The van der Waals surface area contributed by atoms with Crippen molar-refractivity contribution in [1.29, 1.82) is 0 Å². The third kappa shape index (κ3) is 2.12. The molecule has 0 spiro atoms. The first-order valence-corrected chi connectivity index (χ1v) is 7.21. The van der Waals surface area contributed by atoms with Crippen molar-refractivity contribution in [3.8, 4) is 0 Å². The van der Waals surface area contributed by atoms with Gasteiger partial charge < -0.3 is 15.5 Å². The minimum absolute atomic E-state index is 0.879. The predicted molar refractivity (Wildman–Crippen MR) is 69.4 cm³/mol. The number of anilines is 1. The zero-order chi connectivity index (χ0) is 11.7. The lowest BCUT2D eigenvalue weighted by Crippen LogP contribution is -2.44. The first-order chi connectivity index (χ1) is 8.38. The van der Waals surface area contributed by atoms with Crippen molar-refractivity contribution in [2.75, 3.05) is 37.3 Å². The van der Waals surface area contributed by atoms with Gasteiger partial charge in [-0.1, -0.05) is 11.8 Å². The molecule has 0 aliphatic carbocycles. The van der Waals surface area contributed by atoms with E-state index in [9.17, 15) is 0 Å². The van der Waals surface area contributed by atoms with Gasteiger partial charge in [0.1, 0.15) is 5.82 Å². The van der Waals surface area contributed by atoms with Crippen LogP contribution in [-0.4, -0.2) is 42.4 Å². The number of rotatable bonds is 2. The Kier molecular flexibility index (Phi) is 3.17. The number of aromatic nitrogens is 2. The summed E-state index contributed by atoms with van der Waals surface area (Å²) < 4.78 is 0. The Morgan fingerprint density at radius 2 is 1.94 bits per heavy atom. The molecule has 0 bridgehead atoms. The molecule has 3 heterocycles. The van der Waals surface area contributed by atoms with Crippen LogP contribution in [0.4, 0.5) is 5.82 Å². The molecule has 0 saturated carbocycles. The maximum atomic E-state index is 4.70. The van der Waals surface area contributed by atoms with E-state index in [1.165, 1.54) is 11.3 Å². The summed E-state index contributed by atoms with van der Waals surface area (Å²) in [6.07, 6.45) is 2.03. The van der Waals surface area contributed by atoms with Crippen LogP contribution in [0.15, 0.2) is 5.16 Å². The summed E-state index contributed by atoms with van der Waals surface area (Å²) in [5.41, 5.74) is 2.47. The van der Waals surface area contributed by atoms with Gasteiger partial charge in [0.25, 0.3) is 0 Å². The smallest absolute Gasteiger partial charge is 0.189 e. The lowest BCUT2D eigenvalue weighted by atomic mass is 10.2. The molecule has 0 unspecified atom stereocenters. The Balaban J connectivity index is 1.98. The predicted octanol–water partition coefficient (Wildman–Crippen LogP) is 0.211. The summed E-state index contributed by atoms with van der Waals surface area (Å²) in [5, 5.41) is 7.63. The third-order valence-electron chi connectivity index (χ3n) is 3.24. The van der Waals surface area contributed by atoms with Crippen LogP contribution in [0.3, 0.4) is 0 Å². The number of piperazine rings is 1. The minimum Gasteiger partial charge on any atom is -0.354 e. The molecule has 92 valence electrons. The average molecular weight is 251 g/mol. The van der Waals surface area contributed by atoms with Crippen LogP contribution in [0.25, 0.3) is 0 Å². The fourth-order valence-corrected chi connectivity index (χ4v) is 2.74. The molecule has 1 aromatic heterocycles. The molecule has 17 heavy (non-hydrogen) atoms. The second kappa shape index (κ2) is 4.80. The van der Waals surface area contributed by atoms with Gasteiger partial charge in [-0.15, -0.1) is 0 Å². The van der Waals surface area contributed by atoms with Crippen molar-refractivity contribution in [1.82, 2.24) is 20.6 Å². The summed E-state index contributed by atoms with van der Waals surface area (Å²) in [6, 6.07) is 0. The maximum Gasteiger partial charge on any atom is 0.189 e. The maximum absolute atomic E-state index is 4.70. The summed E-state index contributed by atoms with van der Waals surface area (Å²) in [7, 11) is 0. The number of nitrogens with zero attached hydrogens (tertiary/aromatic N) is 3. The molecule has 6 heteroatoms. The SMILES string of the molecule is CSc1nc2c(c(N3CCNCC3)n1)CNC2. The second-order valence-corrected chi connectivity index (χ2v) is 5.07. The summed E-state index contributed by atoms with van der Waals surface area (Å²) in [5.74, 6) is 1.14. The molecule has 2 aliphatic rings. The van der Waals surface area contributed by atoms with E-state index >= 15 is 0 Å². The Labute approximate surface area is 105 Å². The highest BCUT2D eigenvalue weighted by Crippen LogP contribution is 2.27. The van der Waals surface area contributed by atoms with E-state index in [2.05, 4.69) is 20.5 Å². The molecule has 2 aliphatic heterocycles. The van der Waals surface area contributed by atoms with Gasteiger partial charge in [-0.3, -0.25) is 0 Å². The highest BCUT2D eigenvalue weighted by molar-refractivity contribution is 7.98. The minimum atomic E-state index is 0.879. The molecule has 0 radical (unpaired) electrons. The third-order valence-corrected chi connectivity index (χ3v) is 3.79. The number of thioether (sulfide) groups is 1. The van der Waals surface area contributed by atoms with Crippen molar-refractivity contribution < 1.29 is 0 Å². The summed E-state index contributed by atoms with van der Waals surface area (Å²) in [4.78, 5) is 11.6. The Bertz CT molecular complexity index is 417. The van der Waals surface area contributed by atoms with Gasteiger partial charge in [0.05, 0.1) is 5.69 Å². The fourth-order valence-electron chi connectivity index (χ4n) is 2.36. The van der Waals surface area contributed by atoms with Crippen LogP contribution >= 0.6 is 11.8 Å². The monoisotopic (exact) mass is 251 g/mol. The van der Waals surface area contributed by atoms with Crippen LogP contribution in [0, 0.1) is 0 Å². The topological polar surface area (TPSA) is 53.1 Å². The van der Waals surface area contributed by atoms with Crippen LogP contribution in [0.1, 0.15) is 11.3 Å². The first-order valence-electron chi connectivity index (χ1n) is 5.98. The average Bonchev–Trinajstić information content (AvgIpc) is 2.86. The highest BCUT2D eigenvalue weighted by atomic mass is 32.2. The van der Waals surface area contributed by atoms with Crippen LogP contribution < -0.4 is 15.5 Å². The summed E-state index contributed by atoms with van der Waals surface area (Å²) in [6.45, 7) is 5.95. The first kappa shape index (κ1) is 11.3. The molecule has 1 aromatic rings. The Hall–Kier alpha value is -0.850. The molecule has 5 nitrogen and oxygen atoms in total. The lowest BCUT2D eigenvalue weighted by molar-refractivity contribution is 0.580. The molecule has 1 saturated heterocycles. The standard InChI is InChI=1S/C11H17N5S/c1-17-11-14-9-7-13-6-8(9)10(15-11)16-4-2-12-3-5-16/h12-13H,2-7H2,1H3. The molecular formula is C11H17N5S. The van der Waals surface area contributed by atoms with Crippen LogP contribution in [0.5, 0.6) is 0 Å². The van der Waals surface area contributed by atoms with Crippen molar-refractivity contribution >= 4 is 17.6 Å². The largest absolute Gasteiger partial charge is 0.354 e. The number of hydrogen-bond donors (Lipinski definition) is 2. The van der Waals surface area contributed by atoms with Gasteiger partial charge in [0.15, 0.2) is 5.16 Å². The quantitative estimate of drug-likeness (QED) is 0.579. The molecule has 0 amide bonds. The zero-order valence-corrected chi connectivity index (χ0v) is 10.8. The van der Waals surface area contributed by atoms with E-state index in [4.69, 9.17) is 4.98 Å². The fraction of sp³-hybridized carbons (Fsp3) is 0.636. The van der Waals surface area contributed by atoms with E-state index < -0.39 is 0 Å². The van der Waals surface area contributed by atoms with Crippen LogP contribution in [-0.2, 0) is 13.1 Å². The molecule has 0 atom stereocenters. The van der Waals surface area contributed by atoms with Gasteiger partial charge in [-0.2, -0.15) is 0 Å². The van der Waals surface area contributed by atoms with Gasteiger partial charge in [-0.25, -0.2) is 9.97 Å². The molecule has 0 aromatic carbocycles. The highest BCUT2D eigenvalue weighted by Gasteiger charge is 2.23. The van der Waals surface area contributed by atoms with Crippen molar-refractivity contribution in [3.05, 3.63) is 11.3 Å². The van der Waals surface area contributed by atoms with Gasteiger partial charge >= 0.3 is 0 Å². The van der Waals surface area contributed by atoms with E-state index in [1.807, 2.05) is 6.26 Å². The van der Waals surface area contributed by atoms with E-state index in [0.717, 1.165) is 50.2 Å². The number of fused-ring (bicyclic) bond motifs is 1. The van der Waals surface area contributed by atoms with Crippen LogP contribution in [0.2, 0.25) is 0 Å². The van der Waals surface area contributed by atoms with E-state index in [1.54, 1.807) is 11.8 Å². The molecule has 3 rings (SSSR count). The zero-order valence-electron chi connectivity index (χ0n) is 9.99. The van der Waals surface area contributed by atoms with Gasteiger partial charge in [0, 0.05) is 44.8 Å².